The Balaban J connectivity index is 1.45. The summed E-state index contributed by atoms with van der Waals surface area (Å²) >= 11 is 3.21. The molecular formula is C16H13BrN2O3. The number of nitrogens with zero attached hydrogens (tertiary/aromatic N) is 2. The van der Waals surface area contributed by atoms with Crippen LogP contribution in [0.1, 0.15) is 18.6 Å². The molecule has 1 aliphatic heterocycles. The van der Waals surface area contributed by atoms with E-state index in [2.05, 4.69) is 33.2 Å². The van der Waals surface area contributed by atoms with E-state index in [0.717, 1.165) is 17.9 Å². The Morgan fingerprint density at radius 3 is 2.32 bits per heavy atom. The minimum absolute atomic E-state index is 0.153. The lowest BCUT2D eigenvalue weighted by Crippen LogP contribution is -2.30. The number of carbonyl (C=O) groups excluding carboxylic acids is 2. The zero-order valence-electron chi connectivity index (χ0n) is 11.6. The topological polar surface area (TPSA) is 62.9 Å². The molecule has 1 aromatic heterocycles. The highest BCUT2D eigenvalue weighted by molar-refractivity contribution is 9.10. The molecule has 0 unspecified atom stereocenters. The summed E-state index contributed by atoms with van der Waals surface area (Å²) < 4.78 is 5.90. The average molecular weight is 361 g/mol. The summed E-state index contributed by atoms with van der Waals surface area (Å²) in [6.45, 7) is 0. The van der Waals surface area contributed by atoms with Crippen molar-refractivity contribution in [3.05, 3.63) is 34.7 Å². The fourth-order valence-electron chi connectivity index (χ4n) is 4.69. The third-order valence-electron chi connectivity index (χ3n) is 5.72. The van der Waals surface area contributed by atoms with Gasteiger partial charge in [0, 0.05) is 0 Å². The number of carbonyl (C=O) groups is 2. The molecule has 3 fully saturated rings. The Bertz CT molecular complexity index is 727. The molecule has 1 aromatic rings. The third-order valence-corrected chi connectivity index (χ3v) is 6.15. The summed E-state index contributed by atoms with van der Waals surface area (Å²) in [5.74, 6) is 0.258. The first-order valence-corrected chi connectivity index (χ1v) is 8.27. The molecule has 0 radical (unpaired) electrons. The van der Waals surface area contributed by atoms with Gasteiger partial charge in [-0.1, -0.05) is 12.2 Å². The Morgan fingerprint density at radius 1 is 1.18 bits per heavy atom. The fourth-order valence-corrected chi connectivity index (χ4v) is 5.01. The molecule has 5 rings (SSSR count). The highest BCUT2D eigenvalue weighted by Crippen LogP contribution is 2.73. The van der Waals surface area contributed by atoms with Gasteiger partial charge in [-0.2, -0.15) is 10.1 Å². The number of hydrogen-bond acceptors (Lipinski definition) is 4. The molecular weight excluding hydrogens is 348 g/mol. The maximum atomic E-state index is 12.6. The molecule has 4 atom stereocenters. The average Bonchev–Trinajstić information content (AvgIpc) is 2.87. The first-order valence-electron chi connectivity index (χ1n) is 7.47. The van der Waals surface area contributed by atoms with E-state index in [1.807, 2.05) is 0 Å². The lowest BCUT2D eigenvalue weighted by molar-refractivity contribution is -0.141. The first kappa shape index (κ1) is 12.8. The van der Waals surface area contributed by atoms with Crippen LogP contribution in [-0.4, -0.2) is 23.0 Å². The maximum Gasteiger partial charge on any atom is 0.254 e. The van der Waals surface area contributed by atoms with Gasteiger partial charge in [-0.15, -0.1) is 0 Å². The van der Waals surface area contributed by atoms with Crippen molar-refractivity contribution in [2.75, 3.05) is 0 Å². The zero-order valence-corrected chi connectivity index (χ0v) is 13.2. The van der Waals surface area contributed by atoms with E-state index < -0.39 is 0 Å². The van der Waals surface area contributed by atoms with Crippen molar-refractivity contribution in [3.63, 3.8) is 0 Å². The standard InChI is InChI=1S/C16H13BrN2O3/c17-11-4-1-8(22-11)7-18-19-14(20)12-9-2-3-10(13(12)15(19)21)16(9)5-6-16/h1-4,7,9-10,12-13H,5-6H2/b18-7-/t9-,10-,12+,13+/m1/s1. The van der Waals surface area contributed by atoms with Gasteiger partial charge in [-0.25, -0.2) is 0 Å². The lowest BCUT2D eigenvalue weighted by Gasteiger charge is -2.18. The van der Waals surface area contributed by atoms with Crippen LogP contribution >= 0.6 is 15.9 Å². The Labute approximate surface area is 135 Å². The Hall–Kier alpha value is -1.69. The smallest absolute Gasteiger partial charge is 0.254 e. The molecule has 0 aromatic carbocycles. The molecule has 2 heterocycles. The van der Waals surface area contributed by atoms with Crippen molar-refractivity contribution in [2.45, 2.75) is 12.8 Å². The number of halogens is 1. The van der Waals surface area contributed by atoms with E-state index in [0.29, 0.717) is 10.4 Å². The molecule has 3 aliphatic carbocycles. The van der Waals surface area contributed by atoms with Crippen LogP contribution in [0.3, 0.4) is 0 Å². The number of hydrazone groups is 1. The van der Waals surface area contributed by atoms with Crippen LogP contribution in [0, 0.1) is 29.1 Å². The fraction of sp³-hybridized carbons (Fsp3) is 0.438. The maximum absolute atomic E-state index is 12.6. The predicted molar refractivity (Wildman–Crippen MR) is 80.6 cm³/mol. The molecule has 2 saturated carbocycles. The third kappa shape index (κ3) is 1.41. The van der Waals surface area contributed by atoms with Gasteiger partial charge in [-0.05, 0) is 58.2 Å². The normalized spacial score (nSPS) is 37.0. The number of furan rings is 1. The van der Waals surface area contributed by atoms with Crippen molar-refractivity contribution in [1.29, 1.82) is 0 Å². The van der Waals surface area contributed by atoms with Crippen molar-refractivity contribution in [3.8, 4) is 0 Å². The van der Waals surface area contributed by atoms with E-state index in [1.165, 1.54) is 6.21 Å². The number of rotatable bonds is 2. The van der Waals surface area contributed by atoms with Crippen LogP contribution in [0.25, 0.3) is 0 Å². The second-order valence-corrected chi connectivity index (χ2v) is 7.38. The second-order valence-electron chi connectivity index (χ2n) is 6.60. The minimum atomic E-state index is -0.203. The highest BCUT2D eigenvalue weighted by atomic mass is 79.9. The van der Waals surface area contributed by atoms with Gasteiger partial charge in [0.25, 0.3) is 11.8 Å². The number of hydrogen-bond donors (Lipinski definition) is 0. The van der Waals surface area contributed by atoms with Gasteiger partial charge in [0.05, 0.1) is 18.1 Å². The van der Waals surface area contributed by atoms with Crippen LogP contribution in [0.4, 0.5) is 0 Å². The first-order chi connectivity index (χ1) is 10.6. The molecule has 1 spiro atoms. The molecule has 22 heavy (non-hydrogen) atoms. The molecule has 4 aliphatic rings. The second kappa shape index (κ2) is 3.98. The van der Waals surface area contributed by atoms with Gasteiger partial charge >= 0.3 is 0 Å². The quantitative estimate of drug-likeness (QED) is 0.462. The molecule has 0 N–H and O–H groups in total. The summed E-state index contributed by atoms with van der Waals surface area (Å²) in [4.78, 5) is 25.3. The Morgan fingerprint density at radius 2 is 1.82 bits per heavy atom. The van der Waals surface area contributed by atoms with Crippen LogP contribution in [-0.2, 0) is 9.59 Å². The van der Waals surface area contributed by atoms with Crippen LogP contribution in [0.15, 0.2) is 38.5 Å². The van der Waals surface area contributed by atoms with E-state index in [9.17, 15) is 9.59 Å². The molecule has 2 amide bonds. The summed E-state index contributed by atoms with van der Waals surface area (Å²) in [6.07, 6.45) is 8.02. The number of amides is 2. The molecule has 6 heteroatoms. The largest absolute Gasteiger partial charge is 0.448 e. The number of imide groups is 1. The van der Waals surface area contributed by atoms with Gasteiger partial charge in [0.15, 0.2) is 4.67 Å². The monoisotopic (exact) mass is 360 g/mol. The van der Waals surface area contributed by atoms with Gasteiger partial charge < -0.3 is 4.42 Å². The molecule has 112 valence electrons. The SMILES string of the molecule is O=C1[C@@H]2[C@@H](C(=O)N1/N=C\c1ccc(Br)o1)[C@H]1C=C[C@H]2C12CC2. The van der Waals surface area contributed by atoms with E-state index >= 15 is 0 Å². The van der Waals surface area contributed by atoms with E-state index in [1.54, 1.807) is 12.1 Å². The molecule has 5 nitrogen and oxygen atoms in total. The lowest BCUT2D eigenvalue weighted by atomic mass is 9.85. The summed E-state index contributed by atoms with van der Waals surface area (Å²) in [7, 11) is 0. The highest BCUT2D eigenvalue weighted by Gasteiger charge is 2.73. The van der Waals surface area contributed by atoms with Crippen molar-refractivity contribution in [1.82, 2.24) is 5.01 Å². The van der Waals surface area contributed by atoms with E-state index in [-0.39, 0.29) is 40.9 Å². The summed E-state index contributed by atoms with van der Waals surface area (Å²) in [5.41, 5.74) is 0.225. The van der Waals surface area contributed by atoms with Crippen molar-refractivity contribution >= 4 is 34.0 Å². The van der Waals surface area contributed by atoms with Gasteiger partial charge in [0.2, 0.25) is 0 Å². The van der Waals surface area contributed by atoms with Crippen molar-refractivity contribution < 1.29 is 14.0 Å². The van der Waals surface area contributed by atoms with Crippen LogP contribution in [0.2, 0.25) is 0 Å². The summed E-state index contributed by atoms with van der Waals surface area (Å²) in [6, 6.07) is 3.47. The molecule has 2 bridgehead atoms. The van der Waals surface area contributed by atoms with E-state index in [4.69, 9.17) is 4.42 Å². The van der Waals surface area contributed by atoms with Crippen molar-refractivity contribution in [2.24, 2.45) is 34.2 Å². The predicted octanol–water partition coefficient (Wildman–Crippen LogP) is 2.57. The summed E-state index contributed by atoms with van der Waals surface area (Å²) in [5, 5.41) is 5.13. The van der Waals surface area contributed by atoms with Gasteiger partial charge in [-0.3, -0.25) is 9.59 Å². The Kier molecular flexibility index (Phi) is 2.32. The molecule has 1 saturated heterocycles. The number of allylic oxidation sites excluding steroid dienone is 2. The zero-order chi connectivity index (χ0) is 15.1. The minimum Gasteiger partial charge on any atom is -0.448 e. The van der Waals surface area contributed by atoms with Crippen LogP contribution in [0.5, 0.6) is 0 Å². The van der Waals surface area contributed by atoms with Crippen LogP contribution < -0.4 is 0 Å². The van der Waals surface area contributed by atoms with Gasteiger partial charge in [0.1, 0.15) is 5.76 Å². The number of fused-ring (bicyclic) bond motifs is 3.